The highest BCUT2D eigenvalue weighted by atomic mass is 16.5. The highest BCUT2D eigenvalue weighted by molar-refractivity contribution is 5.96. The maximum absolute atomic E-state index is 12.3. The second-order valence-corrected chi connectivity index (χ2v) is 5.04. The van der Waals surface area contributed by atoms with Crippen molar-refractivity contribution < 1.29 is 19.2 Å². The van der Waals surface area contributed by atoms with E-state index in [2.05, 4.69) is 5.16 Å². The predicted octanol–water partition coefficient (Wildman–Crippen LogP) is 1.62. The molecule has 0 saturated carbocycles. The molecule has 1 aliphatic heterocycles. The van der Waals surface area contributed by atoms with Crippen LogP contribution in [0.1, 0.15) is 41.1 Å². The SMILES string of the molecule is Cc1noc(C)c1C(=O)N1CCC(CCC(=O)O)C1. The van der Waals surface area contributed by atoms with Gasteiger partial charge in [0.05, 0.1) is 5.69 Å². The summed E-state index contributed by atoms with van der Waals surface area (Å²) in [5, 5.41) is 12.5. The van der Waals surface area contributed by atoms with E-state index in [1.54, 1.807) is 18.7 Å². The van der Waals surface area contributed by atoms with Gasteiger partial charge in [0.2, 0.25) is 0 Å². The molecule has 1 amide bonds. The summed E-state index contributed by atoms with van der Waals surface area (Å²) in [5.74, 6) is -0.0263. The third-order valence-corrected chi connectivity index (χ3v) is 3.59. The molecule has 1 N–H and O–H groups in total. The number of rotatable bonds is 4. The van der Waals surface area contributed by atoms with Crippen molar-refractivity contribution >= 4 is 11.9 Å². The zero-order valence-electron chi connectivity index (χ0n) is 11.2. The fourth-order valence-electron chi connectivity index (χ4n) is 2.53. The third-order valence-electron chi connectivity index (χ3n) is 3.59. The molecule has 2 heterocycles. The van der Waals surface area contributed by atoms with Gasteiger partial charge in [-0.15, -0.1) is 0 Å². The van der Waals surface area contributed by atoms with E-state index in [0.717, 1.165) is 6.42 Å². The van der Waals surface area contributed by atoms with E-state index in [1.807, 2.05) is 0 Å². The molecular formula is C13H18N2O4. The van der Waals surface area contributed by atoms with Crippen LogP contribution in [0.4, 0.5) is 0 Å². The van der Waals surface area contributed by atoms with Crippen LogP contribution in [0, 0.1) is 19.8 Å². The number of nitrogens with zero attached hydrogens (tertiary/aromatic N) is 2. The molecule has 1 fully saturated rings. The summed E-state index contributed by atoms with van der Waals surface area (Å²) in [6, 6.07) is 0. The van der Waals surface area contributed by atoms with Crippen molar-refractivity contribution in [2.24, 2.45) is 5.92 Å². The van der Waals surface area contributed by atoms with E-state index in [1.165, 1.54) is 0 Å². The average Bonchev–Trinajstić information content (AvgIpc) is 2.94. The lowest BCUT2D eigenvalue weighted by molar-refractivity contribution is -0.137. The molecule has 1 unspecified atom stereocenters. The quantitative estimate of drug-likeness (QED) is 0.895. The molecule has 1 aliphatic rings. The van der Waals surface area contributed by atoms with Gasteiger partial charge in [0.25, 0.3) is 5.91 Å². The van der Waals surface area contributed by atoms with Crippen LogP contribution in [-0.2, 0) is 4.79 Å². The number of carbonyl (C=O) groups excluding carboxylic acids is 1. The number of carboxylic acid groups (broad SMARTS) is 1. The molecule has 6 heteroatoms. The van der Waals surface area contributed by atoms with Crippen molar-refractivity contribution in [3.8, 4) is 0 Å². The summed E-state index contributed by atoms with van der Waals surface area (Å²) in [4.78, 5) is 24.7. The van der Waals surface area contributed by atoms with Crippen molar-refractivity contribution in [1.82, 2.24) is 10.1 Å². The number of carboxylic acids is 1. The summed E-state index contributed by atoms with van der Waals surface area (Å²) < 4.78 is 5.01. The number of amides is 1. The van der Waals surface area contributed by atoms with Crippen LogP contribution in [0.3, 0.4) is 0 Å². The molecule has 2 rings (SSSR count). The van der Waals surface area contributed by atoms with Gasteiger partial charge < -0.3 is 14.5 Å². The smallest absolute Gasteiger partial charge is 0.303 e. The molecule has 1 atom stereocenters. The van der Waals surface area contributed by atoms with E-state index in [9.17, 15) is 9.59 Å². The molecule has 19 heavy (non-hydrogen) atoms. The number of aryl methyl sites for hydroxylation is 2. The summed E-state index contributed by atoms with van der Waals surface area (Å²) in [5.41, 5.74) is 1.15. The number of hydrogen-bond acceptors (Lipinski definition) is 4. The Morgan fingerprint density at radius 1 is 1.47 bits per heavy atom. The Kier molecular flexibility index (Phi) is 3.87. The van der Waals surface area contributed by atoms with E-state index >= 15 is 0 Å². The second-order valence-electron chi connectivity index (χ2n) is 5.04. The third kappa shape index (κ3) is 2.94. The molecule has 104 valence electrons. The summed E-state index contributed by atoms with van der Waals surface area (Å²) in [6.07, 6.45) is 1.65. The van der Waals surface area contributed by atoms with Crippen LogP contribution in [0.2, 0.25) is 0 Å². The minimum Gasteiger partial charge on any atom is -0.481 e. The Morgan fingerprint density at radius 3 is 2.79 bits per heavy atom. The minimum atomic E-state index is -0.782. The maximum Gasteiger partial charge on any atom is 0.303 e. The van der Waals surface area contributed by atoms with Gasteiger partial charge in [0.15, 0.2) is 0 Å². The van der Waals surface area contributed by atoms with E-state index in [0.29, 0.717) is 36.5 Å². The highest BCUT2D eigenvalue weighted by Gasteiger charge is 2.30. The Morgan fingerprint density at radius 2 is 2.21 bits per heavy atom. The van der Waals surface area contributed by atoms with E-state index < -0.39 is 5.97 Å². The topological polar surface area (TPSA) is 83.6 Å². The van der Waals surface area contributed by atoms with E-state index in [4.69, 9.17) is 9.63 Å². The lowest BCUT2D eigenvalue weighted by Gasteiger charge is -2.16. The second kappa shape index (κ2) is 5.42. The van der Waals surface area contributed by atoms with Crippen LogP contribution >= 0.6 is 0 Å². The first-order chi connectivity index (χ1) is 8.99. The Balaban J connectivity index is 1.97. The van der Waals surface area contributed by atoms with Crippen molar-refractivity contribution in [2.75, 3.05) is 13.1 Å². The number of aromatic nitrogens is 1. The average molecular weight is 266 g/mol. The van der Waals surface area contributed by atoms with Crippen LogP contribution in [0.5, 0.6) is 0 Å². The molecule has 0 aliphatic carbocycles. The maximum atomic E-state index is 12.3. The summed E-state index contributed by atoms with van der Waals surface area (Å²) >= 11 is 0. The zero-order chi connectivity index (χ0) is 14.0. The van der Waals surface area contributed by atoms with Crippen molar-refractivity contribution in [2.45, 2.75) is 33.1 Å². The van der Waals surface area contributed by atoms with Crippen LogP contribution in [0.25, 0.3) is 0 Å². The molecule has 0 aromatic carbocycles. The Bertz CT molecular complexity index is 475. The van der Waals surface area contributed by atoms with Gasteiger partial charge in [0.1, 0.15) is 11.3 Å². The molecule has 0 radical (unpaired) electrons. The fourth-order valence-corrected chi connectivity index (χ4v) is 2.53. The molecule has 1 aromatic heterocycles. The van der Waals surface area contributed by atoms with Gasteiger partial charge in [0, 0.05) is 19.5 Å². The highest BCUT2D eigenvalue weighted by Crippen LogP contribution is 2.24. The van der Waals surface area contributed by atoms with E-state index in [-0.39, 0.29) is 18.2 Å². The van der Waals surface area contributed by atoms with Gasteiger partial charge in [-0.3, -0.25) is 9.59 Å². The van der Waals surface area contributed by atoms with Gasteiger partial charge in [-0.25, -0.2) is 0 Å². The molecule has 0 spiro atoms. The van der Waals surface area contributed by atoms with Gasteiger partial charge in [-0.1, -0.05) is 5.16 Å². The van der Waals surface area contributed by atoms with Gasteiger partial charge in [-0.05, 0) is 32.6 Å². The summed E-state index contributed by atoms with van der Waals surface area (Å²) in [7, 11) is 0. The number of likely N-dealkylation sites (tertiary alicyclic amines) is 1. The van der Waals surface area contributed by atoms with Crippen molar-refractivity contribution in [1.29, 1.82) is 0 Å². The number of carbonyl (C=O) groups is 2. The van der Waals surface area contributed by atoms with Crippen molar-refractivity contribution in [3.05, 3.63) is 17.0 Å². The first kappa shape index (κ1) is 13.6. The zero-order valence-corrected chi connectivity index (χ0v) is 11.2. The minimum absolute atomic E-state index is 0.0610. The van der Waals surface area contributed by atoms with Gasteiger partial charge in [-0.2, -0.15) is 0 Å². The van der Waals surface area contributed by atoms with Crippen LogP contribution in [-0.4, -0.2) is 40.1 Å². The molecule has 1 aromatic rings. The Labute approximate surface area is 111 Å². The largest absolute Gasteiger partial charge is 0.481 e. The number of aliphatic carboxylic acids is 1. The van der Waals surface area contributed by atoms with Crippen LogP contribution in [0.15, 0.2) is 4.52 Å². The molecule has 1 saturated heterocycles. The standard InChI is InChI=1S/C13H18N2O4/c1-8-12(9(2)19-14-8)13(18)15-6-5-10(7-15)3-4-11(16)17/h10H,3-7H2,1-2H3,(H,16,17). The van der Waals surface area contributed by atoms with Crippen molar-refractivity contribution in [3.63, 3.8) is 0 Å². The normalized spacial score (nSPS) is 18.8. The molecule has 6 nitrogen and oxygen atoms in total. The molecule has 0 bridgehead atoms. The lowest BCUT2D eigenvalue weighted by atomic mass is 10.0. The number of hydrogen-bond donors (Lipinski definition) is 1. The fraction of sp³-hybridized carbons (Fsp3) is 0.615. The summed E-state index contributed by atoms with van der Waals surface area (Å²) in [6.45, 7) is 4.77. The van der Waals surface area contributed by atoms with Crippen LogP contribution < -0.4 is 0 Å². The van der Waals surface area contributed by atoms with Gasteiger partial charge >= 0.3 is 5.97 Å². The predicted molar refractivity (Wildman–Crippen MR) is 66.9 cm³/mol. The Hall–Kier alpha value is -1.85. The monoisotopic (exact) mass is 266 g/mol. The lowest BCUT2D eigenvalue weighted by Crippen LogP contribution is -2.29. The molecular weight excluding hydrogens is 248 g/mol. The first-order valence-corrected chi connectivity index (χ1v) is 6.43. The first-order valence-electron chi connectivity index (χ1n) is 6.43.